The van der Waals surface area contributed by atoms with E-state index in [0.717, 1.165) is 11.1 Å². The van der Waals surface area contributed by atoms with Gasteiger partial charge in [-0.3, -0.25) is 9.48 Å². The first kappa shape index (κ1) is 14.8. The molecule has 0 radical (unpaired) electrons. The molecule has 1 aromatic carbocycles. The van der Waals surface area contributed by atoms with Crippen LogP contribution in [0, 0.1) is 0 Å². The number of hydrogen-bond acceptors (Lipinski definition) is 4. The largest absolute Gasteiger partial charge is 0.478 e. The molecule has 2 rings (SSSR count). The van der Waals surface area contributed by atoms with Crippen molar-refractivity contribution in [3.63, 3.8) is 0 Å². The highest BCUT2D eigenvalue weighted by molar-refractivity contribution is 5.89. The normalized spacial score (nSPS) is 10.3. The summed E-state index contributed by atoms with van der Waals surface area (Å²) < 4.78 is 6.49. The Kier molecular flexibility index (Phi) is 4.71. The second-order valence-electron chi connectivity index (χ2n) is 4.43. The lowest BCUT2D eigenvalue weighted by atomic mass is 10.1. The molecule has 0 amide bonds. The summed E-state index contributed by atoms with van der Waals surface area (Å²) >= 11 is 0. The second kappa shape index (κ2) is 6.69. The Labute approximate surface area is 122 Å². The number of aromatic carboxylic acids is 1. The fourth-order valence-electron chi connectivity index (χ4n) is 1.91. The lowest BCUT2D eigenvalue weighted by Gasteiger charge is -2.02. The summed E-state index contributed by atoms with van der Waals surface area (Å²) in [5.74, 6) is -1.23. The third-order valence-electron chi connectivity index (χ3n) is 2.93. The minimum Gasteiger partial charge on any atom is -0.478 e. The number of carbonyl (C=O) groups is 2. The standard InChI is InChI=1S/C15H16N2O4/c1-2-21-14(18)6-7-17-10-13(9-16-17)11-4-3-5-12(8-11)15(19)20/h3-5,8-10H,2,6-7H2,1H3,(H,19,20). The molecule has 6 nitrogen and oxygen atoms in total. The first-order valence-corrected chi connectivity index (χ1v) is 6.62. The number of ether oxygens (including phenoxy) is 1. The Hall–Kier alpha value is -2.63. The van der Waals surface area contributed by atoms with Gasteiger partial charge in [0.05, 0.1) is 31.3 Å². The Balaban J connectivity index is 2.07. The summed E-state index contributed by atoms with van der Waals surface area (Å²) in [4.78, 5) is 22.2. The summed E-state index contributed by atoms with van der Waals surface area (Å²) in [6.45, 7) is 2.56. The highest BCUT2D eigenvalue weighted by Crippen LogP contribution is 2.20. The minimum absolute atomic E-state index is 0.228. The van der Waals surface area contributed by atoms with Gasteiger partial charge < -0.3 is 9.84 Å². The molecular formula is C15H16N2O4. The molecule has 0 saturated carbocycles. The monoisotopic (exact) mass is 288 g/mol. The zero-order valence-corrected chi connectivity index (χ0v) is 11.7. The number of rotatable bonds is 6. The third-order valence-corrected chi connectivity index (χ3v) is 2.93. The Morgan fingerprint density at radius 3 is 2.86 bits per heavy atom. The first-order chi connectivity index (χ1) is 10.1. The number of carbonyl (C=O) groups excluding carboxylic acids is 1. The molecule has 6 heteroatoms. The molecule has 0 spiro atoms. The molecule has 1 heterocycles. The molecule has 0 saturated heterocycles. The maximum atomic E-state index is 11.3. The molecule has 0 aliphatic rings. The van der Waals surface area contributed by atoms with Gasteiger partial charge in [0.15, 0.2) is 0 Å². The zero-order chi connectivity index (χ0) is 15.2. The first-order valence-electron chi connectivity index (χ1n) is 6.62. The minimum atomic E-state index is -0.966. The van der Waals surface area contributed by atoms with Crippen molar-refractivity contribution in [3.05, 3.63) is 42.2 Å². The second-order valence-corrected chi connectivity index (χ2v) is 4.43. The van der Waals surface area contributed by atoms with Crippen LogP contribution in [0.4, 0.5) is 0 Å². The van der Waals surface area contributed by atoms with E-state index in [1.165, 1.54) is 6.07 Å². The van der Waals surface area contributed by atoms with Gasteiger partial charge in [0.1, 0.15) is 0 Å². The van der Waals surface area contributed by atoms with Gasteiger partial charge in [-0.1, -0.05) is 12.1 Å². The van der Waals surface area contributed by atoms with Crippen LogP contribution in [0.25, 0.3) is 11.1 Å². The Morgan fingerprint density at radius 1 is 1.33 bits per heavy atom. The van der Waals surface area contributed by atoms with Crippen molar-refractivity contribution in [3.8, 4) is 11.1 Å². The zero-order valence-electron chi connectivity index (χ0n) is 11.7. The Bertz CT molecular complexity index is 649. The summed E-state index contributed by atoms with van der Waals surface area (Å²) in [5.41, 5.74) is 1.81. The molecule has 0 atom stereocenters. The van der Waals surface area contributed by atoms with Gasteiger partial charge in [-0.15, -0.1) is 0 Å². The van der Waals surface area contributed by atoms with Crippen LogP contribution in [-0.4, -0.2) is 33.4 Å². The lowest BCUT2D eigenvalue weighted by molar-refractivity contribution is -0.143. The fourth-order valence-corrected chi connectivity index (χ4v) is 1.91. The van der Waals surface area contributed by atoms with Crippen molar-refractivity contribution >= 4 is 11.9 Å². The van der Waals surface area contributed by atoms with E-state index in [4.69, 9.17) is 9.84 Å². The molecule has 0 aliphatic carbocycles. The molecule has 21 heavy (non-hydrogen) atoms. The number of carboxylic acid groups (broad SMARTS) is 1. The predicted octanol–water partition coefficient (Wildman–Crippen LogP) is 2.20. The van der Waals surface area contributed by atoms with E-state index in [2.05, 4.69) is 5.10 Å². The van der Waals surface area contributed by atoms with Crippen molar-refractivity contribution in [2.24, 2.45) is 0 Å². The van der Waals surface area contributed by atoms with Gasteiger partial charge in [0, 0.05) is 11.8 Å². The van der Waals surface area contributed by atoms with Crippen molar-refractivity contribution in [1.82, 2.24) is 9.78 Å². The Morgan fingerprint density at radius 2 is 2.14 bits per heavy atom. The van der Waals surface area contributed by atoms with E-state index < -0.39 is 5.97 Å². The van der Waals surface area contributed by atoms with Gasteiger partial charge in [-0.25, -0.2) is 4.79 Å². The summed E-state index contributed by atoms with van der Waals surface area (Å²) in [6, 6.07) is 6.64. The van der Waals surface area contributed by atoms with E-state index >= 15 is 0 Å². The smallest absolute Gasteiger partial charge is 0.335 e. The number of nitrogens with zero attached hydrogens (tertiary/aromatic N) is 2. The number of benzene rings is 1. The number of carboxylic acids is 1. The van der Waals surface area contributed by atoms with Crippen molar-refractivity contribution in [2.45, 2.75) is 19.9 Å². The number of hydrogen-bond donors (Lipinski definition) is 1. The van der Waals surface area contributed by atoms with Gasteiger partial charge in [0.25, 0.3) is 0 Å². The number of aryl methyl sites for hydroxylation is 1. The van der Waals surface area contributed by atoms with Crippen LogP contribution in [0.1, 0.15) is 23.7 Å². The summed E-state index contributed by atoms with van der Waals surface area (Å²) in [5, 5.41) is 13.1. The number of aromatic nitrogens is 2. The maximum Gasteiger partial charge on any atom is 0.335 e. The highest BCUT2D eigenvalue weighted by atomic mass is 16.5. The quantitative estimate of drug-likeness (QED) is 0.824. The maximum absolute atomic E-state index is 11.3. The van der Waals surface area contributed by atoms with Crippen LogP contribution >= 0.6 is 0 Å². The molecule has 110 valence electrons. The van der Waals surface area contributed by atoms with Gasteiger partial charge in [-0.05, 0) is 24.6 Å². The van der Waals surface area contributed by atoms with Crippen molar-refractivity contribution < 1.29 is 19.4 Å². The molecule has 0 aliphatic heterocycles. The summed E-state index contributed by atoms with van der Waals surface area (Å²) in [7, 11) is 0. The summed E-state index contributed by atoms with van der Waals surface area (Å²) in [6.07, 6.45) is 3.68. The van der Waals surface area contributed by atoms with Gasteiger partial charge >= 0.3 is 11.9 Å². The predicted molar refractivity (Wildman–Crippen MR) is 75.9 cm³/mol. The third kappa shape index (κ3) is 3.92. The molecule has 2 aromatic rings. The SMILES string of the molecule is CCOC(=O)CCn1cc(-c2cccc(C(=O)O)c2)cn1. The van der Waals surface area contributed by atoms with E-state index in [1.807, 2.05) is 6.07 Å². The average molecular weight is 288 g/mol. The van der Waals surface area contributed by atoms with Crippen molar-refractivity contribution in [2.75, 3.05) is 6.61 Å². The van der Waals surface area contributed by atoms with Gasteiger partial charge in [0.2, 0.25) is 0 Å². The molecule has 0 bridgehead atoms. The van der Waals surface area contributed by atoms with Crippen LogP contribution in [0.3, 0.4) is 0 Å². The van der Waals surface area contributed by atoms with E-state index in [-0.39, 0.29) is 18.0 Å². The number of esters is 1. The average Bonchev–Trinajstić information content (AvgIpc) is 2.94. The van der Waals surface area contributed by atoms with Crippen LogP contribution in [-0.2, 0) is 16.1 Å². The van der Waals surface area contributed by atoms with E-state index in [9.17, 15) is 9.59 Å². The molecule has 1 aromatic heterocycles. The molecule has 1 N–H and O–H groups in total. The van der Waals surface area contributed by atoms with Crippen molar-refractivity contribution in [1.29, 1.82) is 0 Å². The van der Waals surface area contributed by atoms with Gasteiger partial charge in [-0.2, -0.15) is 5.10 Å². The van der Waals surface area contributed by atoms with Crippen LogP contribution in [0.2, 0.25) is 0 Å². The topological polar surface area (TPSA) is 81.4 Å². The lowest BCUT2D eigenvalue weighted by Crippen LogP contribution is -2.09. The highest BCUT2D eigenvalue weighted by Gasteiger charge is 2.08. The van der Waals surface area contributed by atoms with Crippen LogP contribution < -0.4 is 0 Å². The molecular weight excluding hydrogens is 272 g/mol. The fraction of sp³-hybridized carbons (Fsp3) is 0.267. The van der Waals surface area contributed by atoms with Crippen LogP contribution in [0.15, 0.2) is 36.7 Å². The molecule has 0 fully saturated rings. The van der Waals surface area contributed by atoms with Crippen LogP contribution in [0.5, 0.6) is 0 Å². The van der Waals surface area contributed by atoms with E-state index in [1.54, 1.807) is 36.1 Å². The molecule has 0 unspecified atom stereocenters. The van der Waals surface area contributed by atoms with E-state index in [0.29, 0.717) is 13.2 Å².